The van der Waals surface area contributed by atoms with E-state index in [1.165, 1.54) is 44.2 Å². The van der Waals surface area contributed by atoms with Crippen LogP contribution in [-0.2, 0) is 13.1 Å². The summed E-state index contributed by atoms with van der Waals surface area (Å²) in [5.41, 5.74) is 11.8. The van der Waals surface area contributed by atoms with Crippen LogP contribution in [0.4, 0.5) is 17.3 Å². The van der Waals surface area contributed by atoms with Gasteiger partial charge in [-0.3, -0.25) is 0 Å². The number of hydrogen-bond donors (Lipinski definition) is 2. The second-order valence-corrected chi connectivity index (χ2v) is 8.45. The largest absolute Gasteiger partial charge is 0.421 e. The molecule has 0 aliphatic carbocycles. The van der Waals surface area contributed by atoms with Crippen molar-refractivity contribution in [2.24, 2.45) is 16.0 Å². The van der Waals surface area contributed by atoms with Crippen molar-refractivity contribution in [3.05, 3.63) is 36.7 Å². The van der Waals surface area contributed by atoms with Gasteiger partial charge in [-0.15, -0.1) is 0 Å². The lowest BCUT2D eigenvalue weighted by Crippen LogP contribution is -2.51. The highest BCUT2D eigenvalue weighted by molar-refractivity contribution is 5.52. The lowest BCUT2D eigenvalue weighted by Gasteiger charge is -2.24. The number of nitrogens with zero attached hydrogens (tertiary/aromatic N) is 5. The minimum atomic E-state index is 0.712. The third-order valence-corrected chi connectivity index (χ3v) is 5.73. The third kappa shape index (κ3) is 8.71. The lowest BCUT2D eigenvalue weighted by atomic mass is 10.2. The molecular formula is C25H45N7+2. The maximum absolute atomic E-state index is 5.72. The Morgan fingerprint density at radius 2 is 1.66 bits per heavy atom. The molecule has 2 rings (SSSR count). The molecule has 0 saturated carbocycles. The molecule has 0 atom stereocenters. The van der Waals surface area contributed by atoms with Crippen LogP contribution in [0.1, 0.15) is 65.2 Å². The Bertz CT molecular complexity index is 732. The number of unbranched alkanes of at least 4 members (excludes halogenated alkanes) is 4. The molecule has 0 aliphatic heterocycles. The highest BCUT2D eigenvalue weighted by Gasteiger charge is 2.17. The van der Waals surface area contributed by atoms with Crippen molar-refractivity contribution in [3.8, 4) is 0 Å². The molecule has 5 N–H and O–H groups in total. The summed E-state index contributed by atoms with van der Waals surface area (Å²) in [4.78, 5) is 2.39. The maximum Gasteiger partial charge on any atom is 0.421 e. The summed E-state index contributed by atoms with van der Waals surface area (Å²) in [6, 6.07) is 8.40. The summed E-state index contributed by atoms with van der Waals surface area (Å²) in [5.74, 6) is 0.946. The third-order valence-electron chi connectivity index (χ3n) is 5.73. The molecule has 0 radical (unpaired) electrons. The number of imidazole rings is 1. The second kappa shape index (κ2) is 15.5. The molecule has 1 aromatic heterocycles. The van der Waals surface area contributed by atoms with Gasteiger partial charge < -0.3 is 16.4 Å². The number of nitrogens with two attached hydrogens (primary N) is 1. The Hall–Kier alpha value is -2.25. The van der Waals surface area contributed by atoms with Gasteiger partial charge in [-0.25, -0.2) is 9.13 Å². The summed E-state index contributed by atoms with van der Waals surface area (Å²) in [5, 5.41) is 9.27. The first-order chi connectivity index (χ1) is 15.7. The molecule has 0 unspecified atom stereocenters. The summed E-state index contributed by atoms with van der Waals surface area (Å²) in [6.07, 6.45) is 13.6. The molecule has 1 heterocycles. The quantitative estimate of drug-likeness (QED) is 0.216. The molecule has 0 aliphatic rings. The van der Waals surface area contributed by atoms with Crippen LogP contribution in [0.25, 0.3) is 0 Å². The van der Waals surface area contributed by atoms with Gasteiger partial charge >= 0.3 is 5.95 Å². The minimum absolute atomic E-state index is 0.712. The summed E-state index contributed by atoms with van der Waals surface area (Å²) in [6.45, 7) is 10.1. The van der Waals surface area contributed by atoms with E-state index in [0.717, 1.165) is 57.2 Å². The van der Waals surface area contributed by atoms with Gasteiger partial charge in [0.05, 0.1) is 32.0 Å². The van der Waals surface area contributed by atoms with Crippen LogP contribution in [0.3, 0.4) is 0 Å². The summed E-state index contributed by atoms with van der Waals surface area (Å²) in [7, 11) is 0. The van der Waals surface area contributed by atoms with E-state index in [4.69, 9.17) is 5.73 Å². The Kier molecular flexibility index (Phi) is 12.6. The first kappa shape index (κ1) is 26.0. The molecule has 1 aromatic carbocycles. The fourth-order valence-corrected chi connectivity index (χ4v) is 3.77. The van der Waals surface area contributed by atoms with Crippen molar-refractivity contribution in [3.63, 3.8) is 0 Å². The average Bonchev–Trinajstić information content (AvgIpc) is 3.20. The lowest BCUT2D eigenvalue weighted by molar-refractivity contribution is -0.684. The van der Waals surface area contributed by atoms with E-state index in [-0.39, 0.29) is 0 Å². The van der Waals surface area contributed by atoms with E-state index in [0.29, 0.717) is 6.54 Å². The smallest absolute Gasteiger partial charge is 0.371 e. The zero-order chi connectivity index (χ0) is 23.0. The van der Waals surface area contributed by atoms with Crippen molar-refractivity contribution in [1.29, 1.82) is 0 Å². The Labute approximate surface area is 194 Å². The molecular weight excluding hydrogens is 398 g/mol. The van der Waals surface area contributed by atoms with E-state index < -0.39 is 0 Å². The molecule has 0 fully saturated rings. The van der Waals surface area contributed by atoms with E-state index in [1.54, 1.807) is 0 Å². The van der Waals surface area contributed by atoms with Crippen molar-refractivity contribution in [2.75, 3.05) is 31.1 Å². The van der Waals surface area contributed by atoms with E-state index in [9.17, 15) is 0 Å². The predicted octanol–water partition coefficient (Wildman–Crippen LogP) is 4.36. The molecule has 7 heteroatoms. The Morgan fingerprint density at radius 1 is 0.938 bits per heavy atom. The topological polar surface area (TPSA) is 90.4 Å². The molecule has 0 bridgehead atoms. The van der Waals surface area contributed by atoms with Crippen LogP contribution in [0.5, 0.6) is 0 Å². The molecule has 0 spiro atoms. The number of hydrogen-bond acceptors (Lipinski definition) is 4. The number of quaternary nitrogens is 1. The van der Waals surface area contributed by atoms with E-state index in [1.807, 2.05) is 0 Å². The molecule has 178 valence electrons. The maximum atomic E-state index is 5.72. The number of benzene rings is 1. The fraction of sp³-hybridized carbons (Fsp3) is 0.640. The van der Waals surface area contributed by atoms with Gasteiger partial charge in [0, 0.05) is 30.3 Å². The van der Waals surface area contributed by atoms with Crippen molar-refractivity contribution >= 4 is 17.3 Å². The summed E-state index contributed by atoms with van der Waals surface area (Å²) >= 11 is 0. The van der Waals surface area contributed by atoms with Crippen LogP contribution in [-0.4, -0.2) is 30.7 Å². The van der Waals surface area contributed by atoms with Gasteiger partial charge in [-0.2, -0.15) is 0 Å². The Morgan fingerprint density at radius 3 is 2.34 bits per heavy atom. The normalized spacial score (nSPS) is 11.5. The minimum Gasteiger partial charge on any atom is -0.371 e. The fourth-order valence-electron chi connectivity index (χ4n) is 3.77. The first-order valence-electron chi connectivity index (χ1n) is 12.6. The first-order valence-corrected chi connectivity index (χ1v) is 12.6. The predicted molar refractivity (Wildman–Crippen MR) is 133 cm³/mol. The van der Waals surface area contributed by atoms with Crippen molar-refractivity contribution < 1.29 is 10.3 Å². The highest BCUT2D eigenvalue weighted by Crippen LogP contribution is 2.22. The van der Waals surface area contributed by atoms with Crippen LogP contribution < -0.4 is 20.9 Å². The number of anilines is 1. The van der Waals surface area contributed by atoms with Crippen molar-refractivity contribution in [1.82, 2.24) is 4.57 Å². The van der Waals surface area contributed by atoms with Crippen molar-refractivity contribution in [2.45, 2.75) is 78.3 Å². The van der Waals surface area contributed by atoms with E-state index in [2.05, 4.69) is 80.5 Å². The van der Waals surface area contributed by atoms with E-state index >= 15 is 0 Å². The number of aromatic nitrogens is 2. The number of azo groups is 1. The van der Waals surface area contributed by atoms with Crippen LogP contribution >= 0.6 is 0 Å². The monoisotopic (exact) mass is 443 g/mol. The van der Waals surface area contributed by atoms with Gasteiger partial charge in [-0.1, -0.05) is 44.6 Å². The van der Waals surface area contributed by atoms with Crippen LogP contribution in [0.15, 0.2) is 46.9 Å². The molecule has 0 saturated heterocycles. The average molecular weight is 444 g/mol. The number of aryl methyl sites for hydroxylation is 2. The van der Waals surface area contributed by atoms with Gasteiger partial charge in [0.25, 0.3) is 0 Å². The van der Waals surface area contributed by atoms with Crippen LogP contribution in [0, 0.1) is 0 Å². The highest BCUT2D eigenvalue weighted by atomic mass is 15.3. The standard InChI is InChI=1S/C25H44N7/c1-3-5-7-17-31-21-22-32(18-8-6-4-2)25(31)29-28-23-11-13-24(14-12-23)30(19-9-15-26)20-10-16-27/h11-14,21-22H,3-10,15-20,26-27H2,1-2H3/q+1/p+1. The van der Waals surface area contributed by atoms with Crippen LogP contribution in [0.2, 0.25) is 0 Å². The zero-order valence-electron chi connectivity index (χ0n) is 20.4. The Balaban J connectivity index is 2.13. The molecule has 7 nitrogen and oxygen atoms in total. The summed E-state index contributed by atoms with van der Waals surface area (Å²) < 4.78 is 4.49. The van der Waals surface area contributed by atoms with Gasteiger partial charge in [0.1, 0.15) is 5.69 Å². The zero-order valence-corrected chi connectivity index (χ0v) is 20.4. The number of rotatable bonds is 17. The molecule has 2 aromatic rings. The van der Waals surface area contributed by atoms with Gasteiger partial charge in [0.15, 0.2) is 0 Å². The second-order valence-electron chi connectivity index (χ2n) is 8.45. The van der Waals surface area contributed by atoms with Gasteiger partial charge in [0.2, 0.25) is 0 Å². The van der Waals surface area contributed by atoms with Gasteiger partial charge in [-0.05, 0) is 50.1 Å². The molecule has 0 amide bonds. The molecule has 32 heavy (non-hydrogen) atoms. The SMILES string of the molecule is CCCCCn1cc[n+](CCCCC)c1N=Nc1ccc(N(CCCN)CCC[NH3+])cc1.